The van der Waals surface area contributed by atoms with Crippen LogP contribution in [0.4, 0.5) is 5.69 Å². The lowest BCUT2D eigenvalue weighted by molar-refractivity contribution is 0.0696. The van der Waals surface area contributed by atoms with Gasteiger partial charge in [-0.3, -0.25) is 4.79 Å². The molecule has 2 rings (SSSR count). The first-order valence-corrected chi connectivity index (χ1v) is 7.81. The van der Waals surface area contributed by atoms with E-state index in [0.29, 0.717) is 5.56 Å². The number of anilines is 1. The number of aryl methyl sites for hydroxylation is 1. The molecule has 7 heteroatoms. The molecule has 1 amide bonds. The molecular weight excluding hydrogens is 324 g/mol. The molecule has 134 valence electrons. The summed E-state index contributed by atoms with van der Waals surface area (Å²) in [4.78, 5) is 24.0. The van der Waals surface area contributed by atoms with Crippen LogP contribution in [0.15, 0.2) is 18.2 Å². The van der Waals surface area contributed by atoms with Crippen molar-refractivity contribution in [2.75, 3.05) is 19.5 Å². The summed E-state index contributed by atoms with van der Waals surface area (Å²) in [7, 11) is 2.83. The third kappa shape index (κ3) is 3.45. The average Bonchev–Trinajstić information content (AvgIpc) is 2.87. The van der Waals surface area contributed by atoms with Gasteiger partial charge in [0.25, 0.3) is 5.91 Å². The van der Waals surface area contributed by atoms with E-state index in [9.17, 15) is 14.7 Å². The third-order valence-corrected chi connectivity index (χ3v) is 4.11. The number of rotatable bonds is 6. The maximum Gasteiger partial charge on any atom is 0.335 e. The third-order valence-electron chi connectivity index (χ3n) is 4.11. The summed E-state index contributed by atoms with van der Waals surface area (Å²) in [6, 6.07) is 4.50. The standard InChI is InChI=1S/C18H22N2O5/c1-6-20-10(2)7-13(11(20)3)17(21)19-14-8-12(18(22)23)9-15(24-4)16(14)25-5/h7-9H,6H2,1-5H3,(H,19,21)(H,22,23). The van der Waals surface area contributed by atoms with E-state index in [2.05, 4.69) is 5.32 Å². The number of aromatic carboxylic acids is 1. The van der Waals surface area contributed by atoms with Gasteiger partial charge in [0, 0.05) is 17.9 Å². The number of hydrogen-bond donors (Lipinski definition) is 2. The number of carbonyl (C=O) groups excluding carboxylic acids is 1. The topological polar surface area (TPSA) is 89.8 Å². The highest BCUT2D eigenvalue weighted by Gasteiger charge is 2.20. The number of carboxylic acids is 1. The maximum atomic E-state index is 12.7. The molecule has 1 aromatic heterocycles. The Balaban J connectivity index is 2.47. The van der Waals surface area contributed by atoms with E-state index in [-0.39, 0.29) is 28.7 Å². The van der Waals surface area contributed by atoms with Gasteiger partial charge < -0.3 is 24.5 Å². The van der Waals surface area contributed by atoms with Gasteiger partial charge in [0.05, 0.1) is 31.0 Å². The van der Waals surface area contributed by atoms with Gasteiger partial charge in [-0.1, -0.05) is 0 Å². The smallest absolute Gasteiger partial charge is 0.335 e. The average molecular weight is 346 g/mol. The van der Waals surface area contributed by atoms with Gasteiger partial charge in [0.2, 0.25) is 0 Å². The molecule has 7 nitrogen and oxygen atoms in total. The van der Waals surface area contributed by atoms with Crippen LogP contribution < -0.4 is 14.8 Å². The van der Waals surface area contributed by atoms with Crippen molar-refractivity contribution in [3.8, 4) is 11.5 Å². The van der Waals surface area contributed by atoms with Crippen LogP contribution in [-0.2, 0) is 6.54 Å². The van der Waals surface area contributed by atoms with E-state index in [4.69, 9.17) is 9.47 Å². The molecule has 1 aromatic carbocycles. The number of methoxy groups -OCH3 is 2. The van der Waals surface area contributed by atoms with Crippen molar-refractivity contribution in [1.29, 1.82) is 0 Å². The van der Waals surface area contributed by atoms with Crippen molar-refractivity contribution in [3.05, 3.63) is 40.7 Å². The van der Waals surface area contributed by atoms with Crippen LogP contribution >= 0.6 is 0 Å². The minimum absolute atomic E-state index is 0.00743. The fourth-order valence-corrected chi connectivity index (χ4v) is 2.89. The highest BCUT2D eigenvalue weighted by atomic mass is 16.5. The minimum atomic E-state index is -1.12. The zero-order valence-corrected chi connectivity index (χ0v) is 15.0. The van der Waals surface area contributed by atoms with Gasteiger partial charge in [-0.05, 0) is 39.0 Å². The van der Waals surface area contributed by atoms with Crippen LogP contribution in [0.1, 0.15) is 39.0 Å². The SMILES string of the molecule is CCn1c(C)cc(C(=O)Nc2cc(C(=O)O)cc(OC)c2OC)c1C. The molecule has 0 aliphatic heterocycles. The molecule has 1 heterocycles. The van der Waals surface area contributed by atoms with Crippen LogP contribution in [0.2, 0.25) is 0 Å². The van der Waals surface area contributed by atoms with Gasteiger partial charge in [0.15, 0.2) is 11.5 Å². The molecule has 0 spiro atoms. The lowest BCUT2D eigenvalue weighted by atomic mass is 10.1. The normalized spacial score (nSPS) is 10.4. The first-order valence-electron chi connectivity index (χ1n) is 7.81. The van der Waals surface area contributed by atoms with Crippen LogP contribution in [0, 0.1) is 13.8 Å². The lowest BCUT2D eigenvalue weighted by Crippen LogP contribution is -2.15. The Kier molecular flexibility index (Phi) is 5.36. The van der Waals surface area contributed by atoms with Crippen LogP contribution in [0.25, 0.3) is 0 Å². The van der Waals surface area contributed by atoms with Crippen molar-refractivity contribution in [2.24, 2.45) is 0 Å². The second-order valence-electron chi connectivity index (χ2n) is 5.55. The molecular formula is C18H22N2O5. The largest absolute Gasteiger partial charge is 0.493 e. The maximum absolute atomic E-state index is 12.7. The van der Waals surface area contributed by atoms with E-state index in [1.54, 1.807) is 6.07 Å². The number of carbonyl (C=O) groups is 2. The zero-order chi connectivity index (χ0) is 18.7. The highest BCUT2D eigenvalue weighted by Crippen LogP contribution is 2.37. The summed E-state index contributed by atoms with van der Waals surface area (Å²) in [6.45, 7) is 6.57. The Morgan fingerprint density at radius 2 is 1.84 bits per heavy atom. The molecule has 2 N–H and O–H groups in total. The van der Waals surface area contributed by atoms with Crippen molar-refractivity contribution >= 4 is 17.6 Å². The fraction of sp³-hybridized carbons (Fsp3) is 0.333. The van der Waals surface area contributed by atoms with E-state index >= 15 is 0 Å². The highest BCUT2D eigenvalue weighted by molar-refractivity contribution is 6.07. The van der Waals surface area contributed by atoms with Crippen LogP contribution in [-0.4, -0.2) is 35.8 Å². The van der Waals surface area contributed by atoms with Gasteiger partial charge in [-0.25, -0.2) is 4.79 Å². The van der Waals surface area contributed by atoms with Crippen molar-refractivity contribution in [3.63, 3.8) is 0 Å². The second-order valence-corrected chi connectivity index (χ2v) is 5.55. The molecule has 25 heavy (non-hydrogen) atoms. The van der Waals surface area contributed by atoms with Crippen molar-refractivity contribution < 1.29 is 24.2 Å². The number of aromatic nitrogens is 1. The molecule has 0 radical (unpaired) electrons. The number of amides is 1. The number of hydrogen-bond acceptors (Lipinski definition) is 4. The summed E-state index contributed by atoms with van der Waals surface area (Å²) >= 11 is 0. The Morgan fingerprint density at radius 3 is 2.32 bits per heavy atom. The predicted molar refractivity (Wildman–Crippen MR) is 94.0 cm³/mol. The molecule has 0 bridgehead atoms. The summed E-state index contributed by atoms with van der Waals surface area (Å²) in [5.41, 5.74) is 2.59. The molecule has 0 fully saturated rings. The second kappa shape index (κ2) is 7.29. The molecule has 0 atom stereocenters. The van der Waals surface area contributed by atoms with Crippen LogP contribution in [0.3, 0.4) is 0 Å². The Bertz CT molecular complexity index is 823. The van der Waals surface area contributed by atoms with E-state index in [1.807, 2.05) is 25.3 Å². The summed E-state index contributed by atoms with van der Waals surface area (Å²) in [6.07, 6.45) is 0. The van der Waals surface area contributed by atoms with E-state index in [0.717, 1.165) is 17.9 Å². The zero-order valence-electron chi connectivity index (χ0n) is 15.0. The molecule has 0 aliphatic carbocycles. The molecule has 0 saturated carbocycles. The number of carboxylic acid groups (broad SMARTS) is 1. The number of nitrogens with one attached hydrogen (secondary N) is 1. The quantitative estimate of drug-likeness (QED) is 0.839. The molecule has 0 saturated heterocycles. The molecule has 0 unspecified atom stereocenters. The monoisotopic (exact) mass is 346 g/mol. The van der Waals surface area contributed by atoms with Gasteiger partial charge in [-0.2, -0.15) is 0 Å². The van der Waals surface area contributed by atoms with Gasteiger partial charge in [0.1, 0.15) is 0 Å². The molecule has 0 aliphatic rings. The number of nitrogens with zero attached hydrogens (tertiary/aromatic N) is 1. The van der Waals surface area contributed by atoms with Crippen molar-refractivity contribution in [2.45, 2.75) is 27.3 Å². The van der Waals surface area contributed by atoms with E-state index in [1.165, 1.54) is 26.4 Å². The Hall–Kier alpha value is -2.96. The van der Waals surface area contributed by atoms with E-state index < -0.39 is 5.97 Å². The summed E-state index contributed by atoms with van der Waals surface area (Å²) < 4.78 is 12.5. The first-order chi connectivity index (χ1) is 11.8. The fourth-order valence-electron chi connectivity index (χ4n) is 2.89. The summed E-state index contributed by atoms with van der Waals surface area (Å²) in [5, 5.41) is 12.0. The lowest BCUT2D eigenvalue weighted by Gasteiger charge is -2.15. The number of benzene rings is 1. The first kappa shape index (κ1) is 18.4. The Labute approximate surface area is 146 Å². The van der Waals surface area contributed by atoms with Gasteiger partial charge in [-0.15, -0.1) is 0 Å². The van der Waals surface area contributed by atoms with Crippen molar-refractivity contribution in [1.82, 2.24) is 4.57 Å². The molecule has 2 aromatic rings. The summed E-state index contributed by atoms with van der Waals surface area (Å²) in [5.74, 6) is -0.960. The predicted octanol–water partition coefficient (Wildman–Crippen LogP) is 3.09. The number of ether oxygens (including phenoxy) is 2. The van der Waals surface area contributed by atoms with Gasteiger partial charge >= 0.3 is 5.97 Å². The van der Waals surface area contributed by atoms with Crippen LogP contribution in [0.5, 0.6) is 11.5 Å². The minimum Gasteiger partial charge on any atom is -0.493 e. The Morgan fingerprint density at radius 1 is 1.16 bits per heavy atom.